The summed E-state index contributed by atoms with van der Waals surface area (Å²) in [4.78, 5) is 22.1. The first-order valence-corrected chi connectivity index (χ1v) is 12.8. The summed E-state index contributed by atoms with van der Waals surface area (Å²) in [6, 6.07) is -0.325. The molecule has 2 rings (SSSR count). The SMILES string of the molecule is CSc1nc(Cl)c(CCOS(C)(=O)=O)c(N[C@@]2(C)CCN(C(=O)O)C2C(C)(C)C)n1. The van der Waals surface area contributed by atoms with Crippen LogP contribution in [-0.2, 0) is 20.7 Å². The molecule has 12 heteroatoms. The van der Waals surface area contributed by atoms with Gasteiger partial charge in [0.25, 0.3) is 10.1 Å². The lowest BCUT2D eigenvalue weighted by Crippen LogP contribution is -2.56. The van der Waals surface area contributed by atoms with E-state index in [1.54, 1.807) is 0 Å². The number of rotatable bonds is 7. The Morgan fingerprint density at radius 1 is 1.43 bits per heavy atom. The van der Waals surface area contributed by atoms with Gasteiger partial charge in [-0.1, -0.05) is 44.1 Å². The van der Waals surface area contributed by atoms with Crippen molar-refractivity contribution in [2.75, 3.05) is 31.0 Å². The Balaban J connectivity index is 2.44. The smallest absolute Gasteiger partial charge is 0.407 e. The molecular formula is C18H29ClN4O5S2. The maximum absolute atomic E-state index is 11.8. The molecule has 2 N–H and O–H groups in total. The maximum Gasteiger partial charge on any atom is 0.407 e. The third-order valence-electron chi connectivity index (χ3n) is 5.03. The molecule has 0 spiro atoms. The quantitative estimate of drug-likeness (QED) is 0.262. The number of thioether (sulfide) groups is 1. The number of hydrogen-bond donors (Lipinski definition) is 2. The summed E-state index contributed by atoms with van der Waals surface area (Å²) in [5.41, 5.74) is -0.424. The number of amides is 1. The van der Waals surface area contributed by atoms with E-state index in [0.717, 1.165) is 6.26 Å². The fourth-order valence-corrected chi connectivity index (χ4v) is 5.21. The van der Waals surface area contributed by atoms with Crippen LogP contribution in [0.25, 0.3) is 0 Å². The van der Waals surface area contributed by atoms with Crippen molar-refractivity contribution in [1.29, 1.82) is 0 Å². The summed E-state index contributed by atoms with van der Waals surface area (Å²) < 4.78 is 27.5. The second kappa shape index (κ2) is 9.05. The molecule has 9 nitrogen and oxygen atoms in total. The molecule has 1 aromatic heterocycles. The normalized spacial score (nSPS) is 22.4. The van der Waals surface area contributed by atoms with E-state index in [1.807, 2.05) is 34.0 Å². The van der Waals surface area contributed by atoms with Crippen molar-refractivity contribution in [1.82, 2.24) is 14.9 Å². The first-order chi connectivity index (χ1) is 13.7. The average Bonchev–Trinajstić information content (AvgIpc) is 2.93. The molecule has 0 saturated carbocycles. The van der Waals surface area contributed by atoms with Crippen molar-refractivity contribution in [3.63, 3.8) is 0 Å². The Morgan fingerprint density at radius 2 is 2.07 bits per heavy atom. The topological polar surface area (TPSA) is 122 Å². The van der Waals surface area contributed by atoms with Gasteiger partial charge in [0, 0.05) is 18.5 Å². The second-order valence-corrected chi connectivity index (χ2v) is 11.4. The van der Waals surface area contributed by atoms with E-state index in [9.17, 15) is 18.3 Å². The molecule has 1 aromatic rings. The second-order valence-electron chi connectivity index (χ2n) is 8.64. The van der Waals surface area contributed by atoms with E-state index in [4.69, 9.17) is 15.8 Å². The van der Waals surface area contributed by atoms with E-state index < -0.39 is 21.8 Å². The molecule has 0 aliphatic carbocycles. The van der Waals surface area contributed by atoms with Crippen LogP contribution in [0.2, 0.25) is 5.15 Å². The van der Waals surface area contributed by atoms with Crippen LogP contribution in [0.3, 0.4) is 0 Å². The molecule has 1 saturated heterocycles. The zero-order chi connectivity index (χ0) is 22.9. The molecular weight excluding hydrogens is 452 g/mol. The van der Waals surface area contributed by atoms with Gasteiger partial charge < -0.3 is 15.3 Å². The molecule has 1 unspecified atom stereocenters. The zero-order valence-electron chi connectivity index (χ0n) is 18.0. The number of nitrogens with zero attached hydrogens (tertiary/aromatic N) is 3. The van der Waals surface area contributed by atoms with Gasteiger partial charge in [0.15, 0.2) is 5.16 Å². The highest BCUT2D eigenvalue weighted by atomic mass is 35.5. The Morgan fingerprint density at radius 3 is 2.57 bits per heavy atom. The standard InChI is InChI=1S/C18H29ClN4O5S2/c1-17(2,3)14-18(4,8-9-23(14)16(24)25)22-13-11(7-10-28-30(6,26)27)12(19)20-15(21-13)29-5/h14H,7-10H2,1-6H3,(H,24,25)(H,20,21,22)/t14?,18-/m0/s1. The van der Waals surface area contributed by atoms with Gasteiger partial charge in [-0.2, -0.15) is 8.42 Å². The van der Waals surface area contributed by atoms with Gasteiger partial charge in [-0.25, -0.2) is 14.8 Å². The average molecular weight is 481 g/mol. The van der Waals surface area contributed by atoms with Crippen LogP contribution in [0.1, 0.15) is 39.7 Å². The van der Waals surface area contributed by atoms with E-state index >= 15 is 0 Å². The number of anilines is 1. The van der Waals surface area contributed by atoms with Crippen molar-refractivity contribution < 1.29 is 22.5 Å². The Labute approximate surface area is 187 Å². The van der Waals surface area contributed by atoms with E-state index in [0.29, 0.717) is 29.5 Å². The monoisotopic (exact) mass is 480 g/mol. The van der Waals surface area contributed by atoms with Gasteiger partial charge in [-0.3, -0.25) is 4.18 Å². The van der Waals surface area contributed by atoms with Crippen LogP contribution in [0.5, 0.6) is 0 Å². The first kappa shape index (κ1) is 25.0. The summed E-state index contributed by atoms with van der Waals surface area (Å²) in [5, 5.41) is 13.8. The summed E-state index contributed by atoms with van der Waals surface area (Å²) in [5.74, 6) is 0.459. The Kier molecular flexibility index (Phi) is 7.53. The Hall–Kier alpha value is -1.30. The zero-order valence-corrected chi connectivity index (χ0v) is 20.4. The molecule has 0 radical (unpaired) electrons. The van der Waals surface area contributed by atoms with Crippen molar-refractivity contribution in [3.05, 3.63) is 10.7 Å². The minimum Gasteiger partial charge on any atom is -0.465 e. The minimum atomic E-state index is -3.59. The third kappa shape index (κ3) is 5.89. The van der Waals surface area contributed by atoms with Gasteiger partial charge in [0.1, 0.15) is 11.0 Å². The molecule has 1 aliphatic heterocycles. The highest BCUT2D eigenvalue weighted by Gasteiger charge is 2.52. The largest absolute Gasteiger partial charge is 0.465 e. The molecule has 1 aliphatic rings. The highest BCUT2D eigenvalue weighted by molar-refractivity contribution is 7.98. The summed E-state index contributed by atoms with van der Waals surface area (Å²) in [7, 11) is -3.59. The van der Waals surface area contributed by atoms with Crippen LogP contribution in [-0.4, -0.2) is 71.7 Å². The van der Waals surface area contributed by atoms with Crippen molar-refractivity contribution in [2.24, 2.45) is 5.41 Å². The van der Waals surface area contributed by atoms with Gasteiger partial charge in [-0.15, -0.1) is 0 Å². The van der Waals surface area contributed by atoms with E-state index in [1.165, 1.54) is 16.7 Å². The van der Waals surface area contributed by atoms with Crippen molar-refractivity contribution >= 4 is 45.4 Å². The molecule has 1 fully saturated rings. The lowest BCUT2D eigenvalue weighted by Gasteiger charge is -2.43. The third-order valence-corrected chi connectivity index (χ3v) is 6.48. The number of hydrogen-bond acceptors (Lipinski definition) is 8. The lowest BCUT2D eigenvalue weighted by atomic mass is 9.75. The fraction of sp³-hybridized carbons (Fsp3) is 0.722. The molecule has 30 heavy (non-hydrogen) atoms. The van der Waals surface area contributed by atoms with Gasteiger partial charge in [-0.05, 0) is 25.0 Å². The molecule has 1 amide bonds. The molecule has 2 atom stereocenters. The summed E-state index contributed by atoms with van der Waals surface area (Å²) >= 11 is 7.71. The van der Waals surface area contributed by atoms with Gasteiger partial charge in [0.05, 0.1) is 24.4 Å². The Bertz CT molecular complexity index is 907. The predicted octanol–water partition coefficient (Wildman–Crippen LogP) is 3.34. The van der Waals surface area contributed by atoms with Crippen LogP contribution < -0.4 is 5.32 Å². The number of halogens is 1. The highest BCUT2D eigenvalue weighted by Crippen LogP contribution is 2.42. The number of carboxylic acid groups (broad SMARTS) is 1. The number of aromatic nitrogens is 2. The van der Waals surface area contributed by atoms with Crippen molar-refractivity contribution in [2.45, 2.75) is 57.3 Å². The molecule has 0 aromatic carbocycles. The van der Waals surface area contributed by atoms with E-state index in [2.05, 4.69) is 15.3 Å². The molecule has 2 heterocycles. The van der Waals surface area contributed by atoms with E-state index in [-0.39, 0.29) is 29.6 Å². The van der Waals surface area contributed by atoms with Gasteiger partial charge in [0.2, 0.25) is 0 Å². The fourth-order valence-electron chi connectivity index (χ4n) is 4.14. The van der Waals surface area contributed by atoms with Crippen LogP contribution in [0.15, 0.2) is 5.16 Å². The minimum absolute atomic E-state index is 0.101. The van der Waals surface area contributed by atoms with Crippen LogP contribution in [0.4, 0.5) is 10.6 Å². The van der Waals surface area contributed by atoms with Crippen LogP contribution >= 0.6 is 23.4 Å². The number of carbonyl (C=O) groups is 1. The van der Waals surface area contributed by atoms with Gasteiger partial charge >= 0.3 is 6.09 Å². The molecule has 170 valence electrons. The first-order valence-electron chi connectivity index (χ1n) is 9.40. The predicted molar refractivity (Wildman–Crippen MR) is 118 cm³/mol. The summed E-state index contributed by atoms with van der Waals surface area (Å²) in [6.45, 7) is 8.26. The number of likely N-dealkylation sites (tertiary alicyclic amines) is 1. The maximum atomic E-state index is 11.8. The lowest BCUT2D eigenvalue weighted by molar-refractivity contribution is 0.0903. The van der Waals surface area contributed by atoms with Crippen LogP contribution in [0, 0.1) is 5.41 Å². The number of nitrogens with one attached hydrogen (secondary N) is 1. The molecule has 0 bridgehead atoms. The summed E-state index contributed by atoms with van der Waals surface area (Å²) in [6.07, 6.45) is 2.60. The van der Waals surface area contributed by atoms with Crippen molar-refractivity contribution in [3.8, 4) is 0 Å².